The summed E-state index contributed by atoms with van der Waals surface area (Å²) in [5.74, 6) is -0.261. The zero-order valence-electron chi connectivity index (χ0n) is 12.3. The molecule has 0 atom stereocenters. The maximum Gasteiger partial charge on any atom is 0.416 e. The number of alkyl halides is 3. The van der Waals surface area contributed by atoms with Crippen LogP contribution in [0.25, 0.3) is 0 Å². The van der Waals surface area contributed by atoms with Gasteiger partial charge in [0.25, 0.3) is 5.91 Å². The lowest BCUT2D eigenvalue weighted by atomic mass is 9.97. The van der Waals surface area contributed by atoms with E-state index in [1.165, 1.54) is 4.90 Å². The Morgan fingerprint density at radius 3 is 2.22 bits per heavy atom. The molecule has 23 heavy (non-hydrogen) atoms. The highest BCUT2D eigenvalue weighted by Gasteiger charge is 2.30. The molecule has 1 aromatic rings. The van der Waals surface area contributed by atoms with Gasteiger partial charge in [0.1, 0.15) is 0 Å². The van der Waals surface area contributed by atoms with E-state index in [0.29, 0.717) is 32.5 Å². The van der Waals surface area contributed by atoms with Crippen molar-refractivity contribution in [3.05, 3.63) is 35.4 Å². The number of carboxylic acid groups (broad SMARTS) is 1. The number of hydrogen-bond donors (Lipinski definition) is 2. The lowest BCUT2D eigenvalue weighted by Gasteiger charge is -2.29. The molecule has 0 bridgehead atoms. The smallest absolute Gasteiger partial charge is 0.416 e. The van der Waals surface area contributed by atoms with Crippen LogP contribution in [0.3, 0.4) is 0 Å². The number of piperidine rings is 1. The van der Waals surface area contributed by atoms with Crippen LogP contribution in [0.5, 0.6) is 0 Å². The molecule has 1 aromatic carbocycles. The van der Waals surface area contributed by atoms with Crippen molar-refractivity contribution in [2.45, 2.75) is 19.0 Å². The van der Waals surface area contributed by atoms with Crippen LogP contribution < -0.4 is 5.32 Å². The van der Waals surface area contributed by atoms with Gasteiger partial charge in [-0.05, 0) is 43.0 Å². The predicted octanol–water partition coefficient (Wildman–Crippen LogP) is 2.83. The molecule has 0 spiro atoms. The van der Waals surface area contributed by atoms with E-state index in [1.807, 2.05) is 0 Å². The highest BCUT2D eigenvalue weighted by atomic mass is 19.4. The number of carbonyl (C=O) groups excluding carboxylic acids is 1. The summed E-state index contributed by atoms with van der Waals surface area (Å²) >= 11 is 0. The van der Waals surface area contributed by atoms with Crippen molar-refractivity contribution in [1.29, 1.82) is 0 Å². The monoisotopic (exact) mass is 330 g/mol. The third-order valence-corrected chi connectivity index (χ3v) is 3.91. The average molecular weight is 330 g/mol. The van der Waals surface area contributed by atoms with Crippen LogP contribution in [-0.2, 0) is 6.18 Å². The first-order valence-electron chi connectivity index (χ1n) is 7.20. The summed E-state index contributed by atoms with van der Waals surface area (Å²) in [6.07, 6.45) is -4.07. The first-order valence-corrected chi connectivity index (χ1v) is 7.20. The molecule has 5 nitrogen and oxygen atoms in total. The van der Waals surface area contributed by atoms with E-state index in [4.69, 9.17) is 5.11 Å². The molecule has 1 saturated heterocycles. The minimum atomic E-state index is -4.42. The fourth-order valence-corrected chi connectivity index (χ4v) is 2.48. The lowest BCUT2D eigenvalue weighted by Crippen LogP contribution is -2.40. The van der Waals surface area contributed by atoms with Crippen molar-refractivity contribution < 1.29 is 27.9 Å². The summed E-state index contributed by atoms with van der Waals surface area (Å²) in [6.45, 7) is 1.24. The Kier molecular flexibility index (Phi) is 5.12. The molecule has 2 amide bonds. The second-order valence-corrected chi connectivity index (χ2v) is 5.50. The van der Waals surface area contributed by atoms with Gasteiger partial charge in [0.15, 0.2) is 0 Å². The van der Waals surface area contributed by atoms with Gasteiger partial charge < -0.3 is 15.3 Å². The first-order chi connectivity index (χ1) is 10.8. The zero-order valence-corrected chi connectivity index (χ0v) is 12.3. The second-order valence-electron chi connectivity index (χ2n) is 5.50. The molecule has 0 aliphatic carbocycles. The molecule has 1 fully saturated rings. The summed E-state index contributed by atoms with van der Waals surface area (Å²) in [5, 5.41) is 11.5. The molecular weight excluding hydrogens is 313 g/mol. The number of amides is 2. The number of hydrogen-bond acceptors (Lipinski definition) is 2. The molecule has 1 heterocycles. The van der Waals surface area contributed by atoms with Crippen LogP contribution >= 0.6 is 0 Å². The predicted molar refractivity (Wildman–Crippen MR) is 76.1 cm³/mol. The number of nitrogens with zero attached hydrogens (tertiary/aromatic N) is 1. The molecule has 1 aliphatic heterocycles. The third kappa shape index (κ3) is 4.61. The summed E-state index contributed by atoms with van der Waals surface area (Å²) in [4.78, 5) is 24.0. The highest BCUT2D eigenvalue weighted by Crippen LogP contribution is 2.29. The second kappa shape index (κ2) is 6.89. The quantitative estimate of drug-likeness (QED) is 0.895. The molecule has 2 rings (SSSR count). The highest BCUT2D eigenvalue weighted by molar-refractivity contribution is 5.94. The molecular formula is C15H17F3N2O3. The SMILES string of the molecule is O=C(NCC1CCN(C(=O)O)CC1)c1ccc(C(F)(F)F)cc1. The van der Waals surface area contributed by atoms with Crippen molar-refractivity contribution in [3.63, 3.8) is 0 Å². The van der Waals surface area contributed by atoms with Gasteiger partial charge in [0.05, 0.1) is 5.56 Å². The Hall–Kier alpha value is -2.25. The van der Waals surface area contributed by atoms with E-state index < -0.39 is 23.7 Å². The van der Waals surface area contributed by atoms with Gasteiger partial charge in [-0.15, -0.1) is 0 Å². The Bertz CT molecular complexity index is 564. The Labute approximate surface area is 131 Å². The zero-order chi connectivity index (χ0) is 17.0. The van der Waals surface area contributed by atoms with Crippen molar-refractivity contribution in [2.24, 2.45) is 5.92 Å². The maximum absolute atomic E-state index is 12.5. The van der Waals surface area contributed by atoms with Crippen molar-refractivity contribution in [1.82, 2.24) is 10.2 Å². The van der Waals surface area contributed by atoms with Crippen LogP contribution in [0, 0.1) is 5.92 Å². The molecule has 8 heteroatoms. The first kappa shape index (κ1) is 17.1. The molecule has 0 unspecified atom stereocenters. The number of benzene rings is 1. The van der Waals surface area contributed by atoms with Gasteiger partial charge in [-0.25, -0.2) is 4.79 Å². The van der Waals surface area contributed by atoms with Crippen LogP contribution in [-0.4, -0.2) is 41.6 Å². The molecule has 0 radical (unpaired) electrons. The van der Waals surface area contributed by atoms with Crippen LogP contribution in [0.15, 0.2) is 24.3 Å². The summed E-state index contributed by atoms with van der Waals surface area (Å²) in [5.41, 5.74) is -0.629. The third-order valence-electron chi connectivity index (χ3n) is 3.91. The van der Waals surface area contributed by atoms with E-state index in [2.05, 4.69) is 5.32 Å². The molecule has 0 saturated carbocycles. The number of nitrogens with one attached hydrogen (secondary N) is 1. The van der Waals surface area contributed by atoms with E-state index >= 15 is 0 Å². The minimum Gasteiger partial charge on any atom is -0.465 e. The number of likely N-dealkylation sites (tertiary alicyclic amines) is 1. The van der Waals surface area contributed by atoms with Crippen LogP contribution in [0.2, 0.25) is 0 Å². The number of carbonyl (C=O) groups is 2. The minimum absolute atomic E-state index is 0.168. The van der Waals surface area contributed by atoms with Crippen molar-refractivity contribution in [3.8, 4) is 0 Å². The normalized spacial score (nSPS) is 16.2. The van der Waals surface area contributed by atoms with Crippen molar-refractivity contribution in [2.75, 3.05) is 19.6 Å². The fraction of sp³-hybridized carbons (Fsp3) is 0.467. The largest absolute Gasteiger partial charge is 0.465 e. The van der Waals surface area contributed by atoms with Gasteiger partial charge in [0.2, 0.25) is 0 Å². The van der Waals surface area contributed by atoms with Crippen LogP contribution in [0.1, 0.15) is 28.8 Å². The van der Waals surface area contributed by atoms with Crippen LogP contribution in [0.4, 0.5) is 18.0 Å². The average Bonchev–Trinajstić information content (AvgIpc) is 2.52. The van der Waals surface area contributed by atoms with Gasteiger partial charge in [-0.3, -0.25) is 4.79 Å². The lowest BCUT2D eigenvalue weighted by molar-refractivity contribution is -0.137. The Morgan fingerprint density at radius 1 is 1.17 bits per heavy atom. The molecule has 1 aliphatic rings. The Morgan fingerprint density at radius 2 is 1.74 bits per heavy atom. The van der Waals surface area contributed by atoms with Gasteiger partial charge in [-0.2, -0.15) is 13.2 Å². The number of halogens is 3. The summed E-state index contributed by atoms with van der Waals surface area (Å²) < 4.78 is 37.4. The number of rotatable bonds is 3. The summed E-state index contributed by atoms with van der Waals surface area (Å²) in [6, 6.07) is 4.04. The van der Waals surface area contributed by atoms with E-state index in [1.54, 1.807) is 0 Å². The topological polar surface area (TPSA) is 69.6 Å². The van der Waals surface area contributed by atoms with Gasteiger partial charge in [0, 0.05) is 25.2 Å². The molecule has 0 aromatic heterocycles. The standard InChI is InChI=1S/C15H17F3N2O3/c16-15(17,18)12-3-1-11(2-4-12)13(21)19-9-10-5-7-20(8-6-10)14(22)23/h1-4,10H,5-9H2,(H,19,21)(H,22,23). The van der Waals surface area contributed by atoms with Gasteiger partial charge >= 0.3 is 12.3 Å². The fourth-order valence-electron chi connectivity index (χ4n) is 2.48. The van der Waals surface area contributed by atoms with Crippen molar-refractivity contribution >= 4 is 12.0 Å². The maximum atomic E-state index is 12.5. The molecule has 126 valence electrons. The van der Waals surface area contributed by atoms with Gasteiger partial charge in [-0.1, -0.05) is 0 Å². The van der Waals surface area contributed by atoms with E-state index in [-0.39, 0.29) is 11.5 Å². The Balaban J connectivity index is 1.82. The van der Waals surface area contributed by atoms with E-state index in [9.17, 15) is 22.8 Å². The van der Waals surface area contributed by atoms with E-state index in [0.717, 1.165) is 24.3 Å². The summed E-state index contributed by atoms with van der Waals surface area (Å²) in [7, 11) is 0. The molecule has 2 N–H and O–H groups in total.